The van der Waals surface area contributed by atoms with Gasteiger partial charge in [-0.3, -0.25) is 0 Å². The minimum Gasteiger partial charge on any atom is -0.462 e. The van der Waals surface area contributed by atoms with Gasteiger partial charge < -0.3 is 10.1 Å². The third-order valence-electron chi connectivity index (χ3n) is 3.72. The Morgan fingerprint density at radius 3 is 2.74 bits per heavy atom. The number of alkyl halides is 3. The van der Waals surface area contributed by atoms with E-state index in [9.17, 15) is 18.0 Å². The van der Waals surface area contributed by atoms with Crippen LogP contribution in [0.25, 0.3) is 10.2 Å². The van der Waals surface area contributed by atoms with Crippen LogP contribution in [0, 0.1) is 6.92 Å². The number of esters is 1. The number of fused-ring (bicyclic) bond motifs is 1. The molecule has 0 radical (unpaired) electrons. The number of anilines is 2. The average Bonchev–Trinajstić information content (AvgIpc) is 2.94. The number of rotatable bonds is 4. The highest BCUT2D eigenvalue weighted by molar-refractivity contribution is 7.20. The molecule has 3 aromatic rings. The zero-order valence-corrected chi connectivity index (χ0v) is 15.7. The number of thiophene rings is 1. The van der Waals surface area contributed by atoms with Gasteiger partial charge in [0.25, 0.3) is 0 Å². The molecule has 0 amide bonds. The highest BCUT2D eigenvalue weighted by Gasteiger charge is 2.33. The van der Waals surface area contributed by atoms with Crippen LogP contribution in [0.15, 0.2) is 24.5 Å². The molecule has 27 heavy (non-hydrogen) atoms. The van der Waals surface area contributed by atoms with Gasteiger partial charge in [-0.25, -0.2) is 14.8 Å². The summed E-state index contributed by atoms with van der Waals surface area (Å²) in [5.41, 5.74) is -0.190. The van der Waals surface area contributed by atoms with Gasteiger partial charge in [-0.05, 0) is 37.6 Å². The number of carbonyl (C=O) groups is 1. The van der Waals surface area contributed by atoms with Crippen LogP contribution in [0.1, 0.15) is 27.7 Å². The van der Waals surface area contributed by atoms with Crippen LogP contribution in [0.4, 0.5) is 24.7 Å². The summed E-state index contributed by atoms with van der Waals surface area (Å²) < 4.78 is 44.2. The molecule has 10 heteroatoms. The van der Waals surface area contributed by atoms with Crippen LogP contribution >= 0.6 is 22.9 Å². The maximum Gasteiger partial charge on any atom is 0.417 e. The number of nitrogens with zero attached hydrogens (tertiary/aromatic N) is 2. The first kappa shape index (κ1) is 19.4. The third-order valence-corrected chi connectivity index (χ3v) is 5.23. The van der Waals surface area contributed by atoms with Gasteiger partial charge in [0, 0.05) is 5.69 Å². The van der Waals surface area contributed by atoms with Crippen molar-refractivity contribution in [3.05, 3.63) is 45.6 Å². The Bertz CT molecular complexity index is 1020. The summed E-state index contributed by atoms with van der Waals surface area (Å²) in [4.78, 5) is 21.2. The Morgan fingerprint density at radius 1 is 1.33 bits per heavy atom. The van der Waals surface area contributed by atoms with Crippen molar-refractivity contribution in [2.45, 2.75) is 20.0 Å². The van der Waals surface area contributed by atoms with E-state index in [1.54, 1.807) is 13.8 Å². The number of aryl methyl sites for hydroxylation is 1. The molecule has 0 atom stereocenters. The van der Waals surface area contributed by atoms with Crippen LogP contribution in [0.2, 0.25) is 5.02 Å². The molecule has 142 valence electrons. The highest BCUT2D eigenvalue weighted by atomic mass is 35.5. The summed E-state index contributed by atoms with van der Waals surface area (Å²) in [6.45, 7) is 3.64. The molecule has 0 unspecified atom stereocenters. The molecule has 0 bridgehead atoms. The first-order valence-corrected chi connectivity index (χ1v) is 8.96. The van der Waals surface area contributed by atoms with Crippen molar-refractivity contribution in [1.82, 2.24) is 9.97 Å². The van der Waals surface area contributed by atoms with Gasteiger partial charge in [0.1, 0.15) is 21.9 Å². The minimum atomic E-state index is -4.58. The zero-order chi connectivity index (χ0) is 19.8. The molecule has 3 rings (SSSR count). The Hall–Kier alpha value is -2.39. The molecule has 2 heterocycles. The van der Waals surface area contributed by atoms with Crippen molar-refractivity contribution < 1.29 is 22.7 Å². The van der Waals surface area contributed by atoms with E-state index in [0.717, 1.165) is 23.5 Å². The first-order chi connectivity index (χ1) is 12.7. The summed E-state index contributed by atoms with van der Waals surface area (Å²) in [6.07, 6.45) is -3.30. The third kappa shape index (κ3) is 3.84. The normalized spacial score (nSPS) is 11.6. The Balaban J connectivity index is 2.05. The first-order valence-electron chi connectivity index (χ1n) is 7.77. The van der Waals surface area contributed by atoms with Crippen molar-refractivity contribution in [2.24, 2.45) is 0 Å². The Labute approximate surface area is 161 Å². The summed E-state index contributed by atoms with van der Waals surface area (Å²) in [5.74, 6) is -0.186. The summed E-state index contributed by atoms with van der Waals surface area (Å²) in [7, 11) is 0. The van der Waals surface area contributed by atoms with Crippen LogP contribution in [0.3, 0.4) is 0 Å². The monoisotopic (exact) mass is 415 g/mol. The number of halogens is 4. The molecule has 0 fully saturated rings. The maximum atomic E-state index is 13.1. The SMILES string of the molecule is CCOC(=O)c1sc2ncnc(Nc3ccc(Cl)c(C(F)(F)F)c3)c2c1C. The minimum absolute atomic E-state index is 0.162. The van der Waals surface area contributed by atoms with E-state index in [0.29, 0.717) is 26.5 Å². The lowest BCUT2D eigenvalue weighted by Crippen LogP contribution is -2.07. The smallest absolute Gasteiger partial charge is 0.417 e. The van der Waals surface area contributed by atoms with Gasteiger partial charge in [0.05, 0.1) is 22.6 Å². The van der Waals surface area contributed by atoms with E-state index in [4.69, 9.17) is 16.3 Å². The topological polar surface area (TPSA) is 64.1 Å². The summed E-state index contributed by atoms with van der Waals surface area (Å²) in [5, 5.41) is 3.02. The van der Waals surface area contributed by atoms with Gasteiger partial charge in [0.15, 0.2) is 0 Å². The number of ether oxygens (including phenoxy) is 1. The van der Waals surface area contributed by atoms with Crippen molar-refractivity contribution in [3.8, 4) is 0 Å². The maximum absolute atomic E-state index is 13.1. The summed E-state index contributed by atoms with van der Waals surface area (Å²) >= 11 is 6.79. The molecular formula is C17H13ClF3N3O2S. The molecular weight excluding hydrogens is 403 g/mol. The molecule has 0 saturated heterocycles. The molecule has 0 aliphatic carbocycles. The molecule has 0 spiro atoms. The number of carbonyl (C=O) groups excluding carboxylic acids is 1. The second-order valence-electron chi connectivity index (χ2n) is 5.50. The standard InChI is InChI=1S/C17H13ClF3N3O2S/c1-3-26-16(25)13-8(2)12-14(22-7-23-15(12)27-13)24-9-4-5-11(18)10(6-9)17(19,20)21/h4-7H,3H2,1-2H3,(H,22,23,24). The molecule has 0 saturated carbocycles. The van der Waals surface area contributed by atoms with Gasteiger partial charge in [-0.2, -0.15) is 13.2 Å². The number of benzene rings is 1. The van der Waals surface area contributed by atoms with Crippen molar-refractivity contribution >= 4 is 50.6 Å². The highest BCUT2D eigenvalue weighted by Crippen LogP contribution is 2.38. The van der Waals surface area contributed by atoms with E-state index >= 15 is 0 Å². The molecule has 0 aliphatic heterocycles. The molecule has 1 N–H and O–H groups in total. The van der Waals surface area contributed by atoms with E-state index < -0.39 is 22.7 Å². The van der Waals surface area contributed by atoms with Gasteiger partial charge in [0.2, 0.25) is 0 Å². The lowest BCUT2D eigenvalue weighted by atomic mass is 10.1. The predicted octanol–water partition coefficient (Wildman–Crippen LogP) is 5.59. The second kappa shape index (κ2) is 7.32. The zero-order valence-electron chi connectivity index (χ0n) is 14.1. The van der Waals surface area contributed by atoms with Crippen molar-refractivity contribution in [2.75, 3.05) is 11.9 Å². The average molecular weight is 416 g/mol. The van der Waals surface area contributed by atoms with Crippen LogP contribution in [-0.2, 0) is 10.9 Å². The predicted molar refractivity (Wildman–Crippen MR) is 97.8 cm³/mol. The quantitative estimate of drug-likeness (QED) is 0.562. The number of hydrogen-bond acceptors (Lipinski definition) is 6. The molecule has 1 aromatic carbocycles. The van der Waals surface area contributed by atoms with Gasteiger partial charge >= 0.3 is 12.1 Å². The fourth-order valence-electron chi connectivity index (χ4n) is 2.51. The van der Waals surface area contributed by atoms with Crippen molar-refractivity contribution in [1.29, 1.82) is 0 Å². The lowest BCUT2D eigenvalue weighted by Gasteiger charge is -2.12. The van der Waals surface area contributed by atoms with Gasteiger partial charge in [-0.15, -0.1) is 11.3 Å². The number of hydrogen-bond donors (Lipinski definition) is 1. The number of nitrogens with one attached hydrogen (secondary N) is 1. The van der Waals surface area contributed by atoms with Crippen LogP contribution in [0.5, 0.6) is 0 Å². The fraction of sp³-hybridized carbons (Fsp3) is 0.235. The van der Waals surface area contributed by atoms with E-state index in [1.165, 1.54) is 12.4 Å². The molecule has 0 aliphatic rings. The van der Waals surface area contributed by atoms with Crippen LogP contribution < -0.4 is 5.32 Å². The molecule has 5 nitrogen and oxygen atoms in total. The fourth-order valence-corrected chi connectivity index (χ4v) is 3.78. The largest absolute Gasteiger partial charge is 0.462 e. The van der Waals surface area contributed by atoms with E-state index in [1.807, 2.05) is 0 Å². The van der Waals surface area contributed by atoms with E-state index in [2.05, 4.69) is 15.3 Å². The lowest BCUT2D eigenvalue weighted by molar-refractivity contribution is -0.137. The Morgan fingerprint density at radius 2 is 2.07 bits per heavy atom. The second-order valence-corrected chi connectivity index (χ2v) is 6.90. The number of aromatic nitrogens is 2. The van der Waals surface area contributed by atoms with E-state index in [-0.39, 0.29) is 12.3 Å². The molecule has 2 aromatic heterocycles. The Kier molecular flexibility index (Phi) is 5.25. The van der Waals surface area contributed by atoms with Crippen molar-refractivity contribution in [3.63, 3.8) is 0 Å². The van der Waals surface area contributed by atoms with Crippen LogP contribution in [-0.4, -0.2) is 22.5 Å². The summed E-state index contributed by atoms with van der Waals surface area (Å²) in [6, 6.07) is 3.49. The van der Waals surface area contributed by atoms with Gasteiger partial charge in [-0.1, -0.05) is 11.6 Å².